The summed E-state index contributed by atoms with van der Waals surface area (Å²) in [6.45, 7) is 2.12. The molecule has 0 aliphatic heterocycles. The Balaban J connectivity index is 1.76. The molecule has 2 fully saturated rings. The van der Waals surface area contributed by atoms with Gasteiger partial charge in [0.25, 0.3) is 0 Å². The second-order valence-electron chi connectivity index (χ2n) is 6.74. The van der Waals surface area contributed by atoms with Crippen LogP contribution in [0.2, 0.25) is 0 Å². The number of hydrogen-bond acceptors (Lipinski definition) is 2. The molecule has 3 heteroatoms. The topological polar surface area (TPSA) is 21.3 Å². The van der Waals surface area contributed by atoms with E-state index in [-0.39, 0.29) is 0 Å². The highest BCUT2D eigenvalue weighted by molar-refractivity contribution is 9.10. The van der Waals surface area contributed by atoms with Gasteiger partial charge >= 0.3 is 0 Å². The lowest BCUT2D eigenvalue weighted by Crippen LogP contribution is -2.64. The van der Waals surface area contributed by atoms with Crippen molar-refractivity contribution in [2.24, 2.45) is 5.41 Å². The second kappa shape index (κ2) is 6.29. The molecule has 2 atom stereocenters. The standard InChI is InChI=1S/C18H26BrNO/c1-13-11-14(7-8-15(13)19)21-17-12-16(20-2)18(17)9-5-3-4-6-10-18/h7-8,11,16-17,20H,3-6,9-10,12H2,1-2H3. The number of halogens is 1. The van der Waals surface area contributed by atoms with Crippen LogP contribution in [0.1, 0.15) is 50.5 Å². The van der Waals surface area contributed by atoms with Gasteiger partial charge < -0.3 is 10.1 Å². The number of nitrogens with one attached hydrogen (secondary N) is 1. The maximum atomic E-state index is 6.41. The van der Waals surface area contributed by atoms with E-state index in [0.717, 1.165) is 16.6 Å². The molecule has 2 nitrogen and oxygen atoms in total. The first kappa shape index (κ1) is 15.4. The zero-order valence-corrected chi connectivity index (χ0v) is 14.7. The minimum Gasteiger partial charge on any atom is -0.490 e. The van der Waals surface area contributed by atoms with Crippen LogP contribution in [-0.2, 0) is 0 Å². The first-order chi connectivity index (χ1) is 10.2. The average Bonchev–Trinajstić information content (AvgIpc) is 2.74. The molecule has 2 unspecified atom stereocenters. The van der Waals surface area contributed by atoms with E-state index in [4.69, 9.17) is 4.74 Å². The summed E-state index contributed by atoms with van der Waals surface area (Å²) < 4.78 is 7.56. The van der Waals surface area contributed by atoms with Crippen molar-refractivity contribution >= 4 is 15.9 Å². The molecular weight excluding hydrogens is 326 g/mol. The molecule has 116 valence electrons. The summed E-state index contributed by atoms with van der Waals surface area (Å²) in [7, 11) is 2.11. The van der Waals surface area contributed by atoms with Crippen molar-refractivity contribution in [3.63, 3.8) is 0 Å². The Kier molecular flexibility index (Phi) is 4.60. The van der Waals surface area contributed by atoms with E-state index in [9.17, 15) is 0 Å². The van der Waals surface area contributed by atoms with Crippen molar-refractivity contribution in [1.82, 2.24) is 5.32 Å². The minimum atomic E-state index is 0.367. The Morgan fingerprint density at radius 3 is 2.52 bits per heavy atom. The van der Waals surface area contributed by atoms with Crippen LogP contribution in [0.4, 0.5) is 0 Å². The average molecular weight is 352 g/mol. The van der Waals surface area contributed by atoms with Gasteiger partial charge in [0.1, 0.15) is 11.9 Å². The third-order valence-corrected chi connectivity index (χ3v) is 6.47. The van der Waals surface area contributed by atoms with E-state index in [0.29, 0.717) is 17.6 Å². The van der Waals surface area contributed by atoms with Crippen molar-refractivity contribution in [1.29, 1.82) is 0 Å². The smallest absolute Gasteiger partial charge is 0.120 e. The number of ether oxygens (including phenoxy) is 1. The fourth-order valence-electron chi connectivity index (χ4n) is 4.23. The first-order valence-electron chi connectivity index (χ1n) is 8.26. The molecule has 0 saturated heterocycles. The summed E-state index contributed by atoms with van der Waals surface area (Å²) in [4.78, 5) is 0. The van der Waals surface area contributed by atoms with Crippen LogP contribution in [-0.4, -0.2) is 19.2 Å². The van der Waals surface area contributed by atoms with Gasteiger partial charge in [-0.1, -0.05) is 41.6 Å². The van der Waals surface area contributed by atoms with E-state index in [1.54, 1.807) is 0 Å². The Morgan fingerprint density at radius 1 is 1.19 bits per heavy atom. The third kappa shape index (κ3) is 2.87. The number of hydrogen-bond donors (Lipinski definition) is 1. The van der Waals surface area contributed by atoms with E-state index < -0.39 is 0 Å². The number of benzene rings is 1. The summed E-state index contributed by atoms with van der Waals surface area (Å²) >= 11 is 3.56. The van der Waals surface area contributed by atoms with Gasteiger partial charge in [-0.15, -0.1) is 0 Å². The summed E-state index contributed by atoms with van der Waals surface area (Å²) in [5.41, 5.74) is 1.61. The molecule has 1 aromatic rings. The van der Waals surface area contributed by atoms with Crippen molar-refractivity contribution in [3.8, 4) is 5.75 Å². The fourth-order valence-corrected chi connectivity index (χ4v) is 4.48. The highest BCUT2D eigenvalue weighted by Gasteiger charge is 2.55. The van der Waals surface area contributed by atoms with E-state index in [2.05, 4.69) is 53.4 Å². The van der Waals surface area contributed by atoms with Gasteiger partial charge in [-0.05, 0) is 50.6 Å². The highest BCUT2D eigenvalue weighted by atomic mass is 79.9. The normalized spacial score (nSPS) is 28.0. The third-order valence-electron chi connectivity index (χ3n) is 5.58. The maximum absolute atomic E-state index is 6.41. The van der Waals surface area contributed by atoms with Crippen LogP contribution >= 0.6 is 15.9 Å². The molecular formula is C18H26BrNO. The zero-order valence-electron chi connectivity index (χ0n) is 13.1. The van der Waals surface area contributed by atoms with Crippen LogP contribution < -0.4 is 10.1 Å². The Morgan fingerprint density at radius 2 is 1.90 bits per heavy atom. The second-order valence-corrected chi connectivity index (χ2v) is 7.60. The van der Waals surface area contributed by atoms with Crippen LogP contribution in [0.15, 0.2) is 22.7 Å². The minimum absolute atomic E-state index is 0.367. The van der Waals surface area contributed by atoms with Crippen LogP contribution in [0.25, 0.3) is 0 Å². The van der Waals surface area contributed by atoms with Crippen molar-refractivity contribution in [2.45, 2.75) is 64.0 Å². The summed E-state index contributed by atoms with van der Waals surface area (Å²) in [5, 5.41) is 3.54. The Hall–Kier alpha value is -0.540. The molecule has 2 aliphatic carbocycles. The van der Waals surface area contributed by atoms with Crippen molar-refractivity contribution < 1.29 is 4.74 Å². The zero-order chi connectivity index (χ0) is 14.9. The van der Waals surface area contributed by atoms with Crippen molar-refractivity contribution in [3.05, 3.63) is 28.2 Å². The Labute approximate surface area is 136 Å². The Bertz CT molecular complexity index is 494. The largest absolute Gasteiger partial charge is 0.490 e. The maximum Gasteiger partial charge on any atom is 0.120 e. The number of rotatable bonds is 3. The van der Waals surface area contributed by atoms with Crippen LogP contribution in [0, 0.1) is 12.3 Å². The lowest BCUT2D eigenvalue weighted by atomic mass is 9.58. The van der Waals surface area contributed by atoms with Crippen LogP contribution in [0.5, 0.6) is 5.75 Å². The fraction of sp³-hybridized carbons (Fsp3) is 0.667. The van der Waals surface area contributed by atoms with Gasteiger partial charge in [0.15, 0.2) is 0 Å². The van der Waals surface area contributed by atoms with Gasteiger partial charge in [0.2, 0.25) is 0 Å². The van der Waals surface area contributed by atoms with Gasteiger partial charge in [0.05, 0.1) is 0 Å². The summed E-state index contributed by atoms with van der Waals surface area (Å²) in [6.07, 6.45) is 9.66. The molecule has 0 heterocycles. The lowest BCUT2D eigenvalue weighted by molar-refractivity contribution is -0.0882. The molecule has 0 radical (unpaired) electrons. The molecule has 1 spiro atoms. The molecule has 0 bridgehead atoms. The number of aryl methyl sites for hydroxylation is 1. The van der Waals surface area contributed by atoms with Gasteiger partial charge in [-0.2, -0.15) is 0 Å². The molecule has 2 aliphatic rings. The predicted octanol–water partition coefficient (Wildman–Crippen LogP) is 4.84. The molecule has 0 amide bonds. The quantitative estimate of drug-likeness (QED) is 0.841. The molecule has 0 aromatic heterocycles. The summed E-state index contributed by atoms with van der Waals surface area (Å²) in [5.74, 6) is 1.03. The molecule has 1 N–H and O–H groups in total. The van der Waals surface area contributed by atoms with E-state index in [1.165, 1.54) is 44.1 Å². The predicted molar refractivity (Wildman–Crippen MR) is 90.9 cm³/mol. The molecule has 2 saturated carbocycles. The van der Waals surface area contributed by atoms with Gasteiger partial charge in [0, 0.05) is 22.4 Å². The molecule has 21 heavy (non-hydrogen) atoms. The van der Waals surface area contributed by atoms with Gasteiger partial charge in [-0.3, -0.25) is 0 Å². The lowest BCUT2D eigenvalue weighted by Gasteiger charge is -2.55. The molecule has 3 rings (SSSR count). The van der Waals surface area contributed by atoms with E-state index in [1.807, 2.05) is 0 Å². The van der Waals surface area contributed by atoms with Crippen molar-refractivity contribution in [2.75, 3.05) is 7.05 Å². The van der Waals surface area contributed by atoms with E-state index >= 15 is 0 Å². The monoisotopic (exact) mass is 351 g/mol. The SMILES string of the molecule is CNC1CC(Oc2ccc(Br)c(C)c2)C12CCCCCC2. The highest BCUT2D eigenvalue weighted by Crippen LogP contribution is 2.52. The van der Waals surface area contributed by atoms with Crippen LogP contribution in [0.3, 0.4) is 0 Å². The summed E-state index contributed by atoms with van der Waals surface area (Å²) in [6, 6.07) is 6.98. The first-order valence-corrected chi connectivity index (χ1v) is 9.05. The van der Waals surface area contributed by atoms with Gasteiger partial charge in [-0.25, -0.2) is 0 Å². The molecule has 1 aromatic carbocycles.